The van der Waals surface area contributed by atoms with Crippen LogP contribution in [0.25, 0.3) is 0 Å². The van der Waals surface area contributed by atoms with Crippen molar-refractivity contribution in [1.82, 2.24) is 4.90 Å². The van der Waals surface area contributed by atoms with Gasteiger partial charge < -0.3 is 11.1 Å². The van der Waals surface area contributed by atoms with Crippen LogP contribution in [0.5, 0.6) is 0 Å². The third kappa shape index (κ3) is 5.49. The van der Waals surface area contributed by atoms with Gasteiger partial charge in [-0.1, -0.05) is 18.5 Å². The second kappa shape index (κ2) is 8.08. The molecule has 5 heteroatoms. The lowest BCUT2D eigenvalue weighted by Crippen LogP contribution is -2.37. The molecule has 1 aromatic rings. The fraction of sp³-hybridized carbons (Fsp3) is 0.462. The zero-order valence-electron chi connectivity index (χ0n) is 10.7. The summed E-state index contributed by atoms with van der Waals surface area (Å²) in [6.45, 7) is 4.63. The van der Waals surface area contributed by atoms with E-state index in [0.29, 0.717) is 18.1 Å². The molecule has 1 amide bonds. The van der Waals surface area contributed by atoms with E-state index < -0.39 is 0 Å². The Balaban J connectivity index is 2.46. The minimum absolute atomic E-state index is 0.0285. The zero-order valence-corrected chi connectivity index (χ0v) is 11.4. The third-order valence-electron chi connectivity index (χ3n) is 2.48. The van der Waals surface area contributed by atoms with Crippen molar-refractivity contribution < 1.29 is 4.79 Å². The van der Waals surface area contributed by atoms with Crippen LogP contribution < -0.4 is 11.1 Å². The van der Waals surface area contributed by atoms with Gasteiger partial charge in [-0.2, -0.15) is 0 Å². The van der Waals surface area contributed by atoms with Gasteiger partial charge in [-0.3, -0.25) is 9.69 Å². The molecule has 0 aliphatic heterocycles. The van der Waals surface area contributed by atoms with E-state index in [4.69, 9.17) is 17.3 Å². The monoisotopic (exact) mass is 269 g/mol. The molecule has 18 heavy (non-hydrogen) atoms. The summed E-state index contributed by atoms with van der Waals surface area (Å²) >= 11 is 5.78. The fourth-order valence-electron chi connectivity index (χ4n) is 1.71. The van der Waals surface area contributed by atoms with Gasteiger partial charge in [0.2, 0.25) is 5.91 Å². The fourth-order valence-corrected chi connectivity index (χ4v) is 1.83. The summed E-state index contributed by atoms with van der Waals surface area (Å²) in [5.41, 5.74) is 6.27. The Labute approximate surface area is 113 Å². The highest BCUT2D eigenvalue weighted by Crippen LogP contribution is 2.13. The van der Waals surface area contributed by atoms with Gasteiger partial charge in [-0.15, -0.1) is 0 Å². The van der Waals surface area contributed by atoms with Gasteiger partial charge in [-0.25, -0.2) is 0 Å². The predicted molar refractivity (Wildman–Crippen MR) is 75.9 cm³/mol. The van der Waals surface area contributed by atoms with E-state index >= 15 is 0 Å². The number of carbonyl (C=O) groups excluding carboxylic acids is 1. The van der Waals surface area contributed by atoms with Gasteiger partial charge in [-0.05, 0) is 37.2 Å². The van der Waals surface area contributed by atoms with Crippen LogP contribution >= 0.6 is 11.6 Å². The predicted octanol–water partition coefficient (Wildman–Crippen LogP) is 1.95. The molecule has 1 aromatic carbocycles. The van der Waals surface area contributed by atoms with E-state index in [-0.39, 0.29) is 5.91 Å². The zero-order chi connectivity index (χ0) is 13.4. The SMILES string of the molecule is CCCN(CCN)CC(=O)Nc1ccc(Cl)cc1. The number of carbonyl (C=O) groups is 1. The van der Waals surface area contributed by atoms with E-state index in [1.54, 1.807) is 24.3 Å². The average Bonchev–Trinajstić information content (AvgIpc) is 2.33. The summed E-state index contributed by atoms with van der Waals surface area (Å²) < 4.78 is 0. The largest absolute Gasteiger partial charge is 0.329 e. The van der Waals surface area contributed by atoms with Crippen molar-refractivity contribution in [2.45, 2.75) is 13.3 Å². The second-order valence-electron chi connectivity index (χ2n) is 4.12. The van der Waals surface area contributed by atoms with Crippen LogP contribution in [-0.2, 0) is 4.79 Å². The molecule has 0 saturated carbocycles. The maximum Gasteiger partial charge on any atom is 0.238 e. The number of benzene rings is 1. The lowest BCUT2D eigenvalue weighted by molar-refractivity contribution is -0.117. The van der Waals surface area contributed by atoms with Gasteiger partial charge in [0, 0.05) is 23.8 Å². The molecule has 0 bridgehead atoms. The van der Waals surface area contributed by atoms with E-state index in [0.717, 1.165) is 25.2 Å². The summed E-state index contributed by atoms with van der Waals surface area (Å²) in [7, 11) is 0. The van der Waals surface area contributed by atoms with Crippen molar-refractivity contribution in [3.05, 3.63) is 29.3 Å². The Morgan fingerprint density at radius 3 is 2.56 bits per heavy atom. The molecule has 1 rings (SSSR count). The smallest absolute Gasteiger partial charge is 0.238 e. The number of halogens is 1. The number of rotatable bonds is 7. The highest BCUT2D eigenvalue weighted by Gasteiger charge is 2.09. The molecule has 0 spiro atoms. The minimum atomic E-state index is -0.0285. The van der Waals surface area contributed by atoms with Gasteiger partial charge in [0.1, 0.15) is 0 Å². The van der Waals surface area contributed by atoms with E-state index in [9.17, 15) is 4.79 Å². The lowest BCUT2D eigenvalue weighted by Gasteiger charge is -2.20. The Bertz CT molecular complexity index is 361. The number of anilines is 1. The Kier molecular flexibility index (Phi) is 6.72. The number of hydrogen-bond donors (Lipinski definition) is 2. The van der Waals surface area contributed by atoms with Crippen molar-refractivity contribution in [2.24, 2.45) is 5.73 Å². The molecule has 0 atom stereocenters. The molecule has 0 heterocycles. The van der Waals surface area contributed by atoms with Crippen molar-refractivity contribution in [3.8, 4) is 0 Å². The average molecular weight is 270 g/mol. The van der Waals surface area contributed by atoms with E-state index in [2.05, 4.69) is 12.2 Å². The van der Waals surface area contributed by atoms with Crippen LogP contribution in [0.3, 0.4) is 0 Å². The van der Waals surface area contributed by atoms with Crippen LogP contribution in [0.15, 0.2) is 24.3 Å². The van der Waals surface area contributed by atoms with Gasteiger partial charge >= 0.3 is 0 Å². The molecule has 100 valence electrons. The highest BCUT2D eigenvalue weighted by molar-refractivity contribution is 6.30. The molecule has 0 aliphatic carbocycles. The van der Waals surface area contributed by atoms with E-state index in [1.165, 1.54) is 0 Å². The van der Waals surface area contributed by atoms with Crippen LogP contribution in [0.1, 0.15) is 13.3 Å². The van der Waals surface area contributed by atoms with Crippen LogP contribution in [0, 0.1) is 0 Å². The number of amides is 1. The molecule has 0 aromatic heterocycles. The summed E-state index contributed by atoms with van der Waals surface area (Å²) in [5.74, 6) is -0.0285. The van der Waals surface area contributed by atoms with Gasteiger partial charge in [0.05, 0.1) is 6.54 Å². The standard InChI is InChI=1S/C13H20ClN3O/c1-2-8-17(9-7-15)10-13(18)16-12-5-3-11(14)4-6-12/h3-6H,2,7-10,15H2,1H3,(H,16,18). The van der Waals surface area contributed by atoms with Gasteiger partial charge in [0.25, 0.3) is 0 Å². The molecule has 0 fully saturated rings. The van der Waals surface area contributed by atoms with Crippen molar-refractivity contribution in [3.63, 3.8) is 0 Å². The van der Waals surface area contributed by atoms with Crippen LogP contribution in [-0.4, -0.2) is 37.0 Å². The normalized spacial score (nSPS) is 10.7. The Morgan fingerprint density at radius 1 is 1.33 bits per heavy atom. The lowest BCUT2D eigenvalue weighted by atomic mass is 10.3. The Morgan fingerprint density at radius 2 is 2.00 bits per heavy atom. The topological polar surface area (TPSA) is 58.4 Å². The molecule has 0 unspecified atom stereocenters. The molecule has 0 radical (unpaired) electrons. The number of nitrogens with zero attached hydrogens (tertiary/aromatic N) is 1. The maximum atomic E-state index is 11.8. The molecular weight excluding hydrogens is 250 g/mol. The third-order valence-corrected chi connectivity index (χ3v) is 2.73. The van der Waals surface area contributed by atoms with Crippen molar-refractivity contribution in [2.75, 3.05) is 31.5 Å². The quantitative estimate of drug-likeness (QED) is 0.795. The van der Waals surface area contributed by atoms with Crippen molar-refractivity contribution in [1.29, 1.82) is 0 Å². The van der Waals surface area contributed by atoms with Crippen LogP contribution in [0.2, 0.25) is 5.02 Å². The summed E-state index contributed by atoms with van der Waals surface area (Å²) in [6, 6.07) is 7.07. The van der Waals surface area contributed by atoms with E-state index in [1.807, 2.05) is 4.90 Å². The molecule has 3 N–H and O–H groups in total. The Hall–Kier alpha value is -1.10. The first kappa shape index (κ1) is 15.0. The van der Waals surface area contributed by atoms with Crippen molar-refractivity contribution >= 4 is 23.2 Å². The second-order valence-corrected chi connectivity index (χ2v) is 4.56. The maximum absolute atomic E-state index is 11.8. The number of nitrogens with two attached hydrogens (primary N) is 1. The first-order chi connectivity index (χ1) is 8.65. The molecule has 4 nitrogen and oxygen atoms in total. The first-order valence-electron chi connectivity index (χ1n) is 6.13. The summed E-state index contributed by atoms with van der Waals surface area (Å²) in [4.78, 5) is 13.9. The number of hydrogen-bond acceptors (Lipinski definition) is 3. The molecule has 0 saturated heterocycles. The van der Waals surface area contributed by atoms with Gasteiger partial charge in [0.15, 0.2) is 0 Å². The summed E-state index contributed by atoms with van der Waals surface area (Å²) in [5, 5.41) is 3.49. The first-order valence-corrected chi connectivity index (χ1v) is 6.51. The highest BCUT2D eigenvalue weighted by atomic mass is 35.5. The minimum Gasteiger partial charge on any atom is -0.329 e. The molecule has 0 aliphatic rings. The van der Waals surface area contributed by atoms with Crippen LogP contribution in [0.4, 0.5) is 5.69 Å². The molecular formula is C13H20ClN3O. The summed E-state index contributed by atoms with van der Waals surface area (Å²) in [6.07, 6.45) is 1.01. The number of nitrogens with one attached hydrogen (secondary N) is 1.